The van der Waals surface area contributed by atoms with Gasteiger partial charge < -0.3 is 0 Å². The number of nitrogens with zero attached hydrogens (tertiary/aromatic N) is 4. The number of rotatable bonds is 3. The van der Waals surface area contributed by atoms with Crippen LogP contribution in [0.25, 0.3) is 10.9 Å². The number of carbonyl (C=O) groups is 1. The summed E-state index contributed by atoms with van der Waals surface area (Å²) >= 11 is 0. The molecule has 5 rings (SSSR count). The summed E-state index contributed by atoms with van der Waals surface area (Å²) < 4.78 is 0. The molecule has 1 atom stereocenters. The second-order valence-corrected chi connectivity index (χ2v) is 7.77. The molecule has 0 saturated heterocycles. The molecule has 4 aromatic rings. The van der Waals surface area contributed by atoms with E-state index < -0.39 is 0 Å². The standard InChI is InChI=1S/C24H21N5O/c1-14-8-9-20-18(10-14)15(2)26-24(27-20)29-23-25-13-19-21(28-23)11-17(12-22(19)30)16-6-4-3-5-7-16/h3-10,13,17H,11-12H2,1-2H3,(H,25,26,27,28,29). The first-order valence-electron chi connectivity index (χ1n) is 10.0. The van der Waals surface area contributed by atoms with E-state index in [4.69, 9.17) is 0 Å². The molecular weight excluding hydrogens is 374 g/mol. The van der Waals surface area contributed by atoms with E-state index in [-0.39, 0.29) is 11.7 Å². The first-order chi connectivity index (χ1) is 14.6. The third kappa shape index (κ3) is 3.41. The molecule has 0 bridgehead atoms. The van der Waals surface area contributed by atoms with Crippen molar-refractivity contribution < 1.29 is 4.79 Å². The summed E-state index contributed by atoms with van der Waals surface area (Å²) in [7, 11) is 0. The van der Waals surface area contributed by atoms with Gasteiger partial charge in [0.1, 0.15) is 0 Å². The molecule has 6 heteroatoms. The average Bonchev–Trinajstić information content (AvgIpc) is 2.75. The lowest BCUT2D eigenvalue weighted by Crippen LogP contribution is -2.21. The van der Waals surface area contributed by atoms with Gasteiger partial charge in [0.05, 0.1) is 22.5 Å². The molecule has 0 amide bonds. The molecule has 1 N–H and O–H groups in total. The third-order valence-corrected chi connectivity index (χ3v) is 5.58. The van der Waals surface area contributed by atoms with Crippen molar-refractivity contribution in [3.05, 3.63) is 82.8 Å². The number of fused-ring (bicyclic) bond motifs is 2. The van der Waals surface area contributed by atoms with Crippen LogP contribution in [-0.4, -0.2) is 25.7 Å². The van der Waals surface area contributed by atoms with Crippen LogP contribution >= 0.6 is 0 Å². The highest BCUT2D eigenvalue weighted by Gasteiger charge is 2.28. The van der Waals surface area contributed by atoms with Gasteiger partial charge in [-0.2, -0.15) is 0 Å². The molecule has 0 radical (unpaired) electrons. The Morgan fingerprint density at radius 2 is 1.77 bits per heavy atom. The number of carbonyl (C=O) groups excluding carboxylic acids is 1. The Morgan fingerprint density at radius 1 is 0.933 bits per heavy atom. The van der Waals surface area contributed by atoms with Crippen molar-refractivity contribution in [1.29, 1.82) is 0 Å². The number of hydrogen-bond acceptors (Lipinski definition) is 6. The highest BCUT2D eigenvalue weighted by Crippen LogP contribution is 2.32. The number of benzene rings is 2. The van der Waals surface area contributed by atoms with Gasteiger partial charge in [-0.3, -0.25) is 10.1 Å². The highest BCUT2D eigenvalue weighted by atomic mass is 16.1. The summed E-state index contributed by atoms with van der Waals surface area (Å²) in [6.45, 7) is 4.02. The first-order valence-corrected chi connectivity index (χ1v) is 10.0. The second kappa shape index (κ2) is 7.30. The number of aromatic nitrogens is 4. The molecular formula is C24H21N5O. The van der Waals surface area contributed by atoms with Gasteiger partial charge >= 0.3 is 0 Å². The van der Waals surface area contributed by atoms with Crippen LogP contribution in [0.15, 0.2) is 54.7 Å². The second-order valence-electron chi connectivity index (χ2n) is 7.77. The number of ketones is 1. The smallest absolute Gasteiger partial charge is 0.230 e. The first kappa shape index (κ1) is 18.4. The maximum Gasteiger partial charge on any atom is 0.230 e. The monoisotopic (exact) mass is 395 g/mol. The number of hydrogen-bond donors (Lipinski definition) is 1. The topological polar surface area (TPSA) is 80.7 Å². The van der Waals surface area contributed by atoms with Crippen LogP contribution in [0.1, 0.15) is 45.2 Å². The zero-order valence-corrected chi connectivity index (χ0v) is 16.9. The number of aryl methyl sites for hydroxylation is 2. The summed E-state index contributed by atoms with van der Waals surface area (Å²) in [5.74, 6) is 1.08. The maximum absolute atomic E-state index is 12.6. The fraction of sp³-hybridized carbons (Fsp3) is 0.208. The van der Waals surface area contributed by atoms with Gasteiger partial charge in [0.25, 0.3) is 0 Å². The SMILES string of the molecule is Cc1ccc2nc(Nc3ncc4c(n3)CC(c3ccccc3)CC4=O)nc(C)c2c1. The molecule has 2 aromatic carbocycles. The van der Waals surface area contributed by atoms with Gasteiger partial charge in [-0.1, -0.05) is 42.0 Å². The molecule has 0 fully saturated rings. The molecule has 0 spiro atoms. The van der Waals surface area contributed by atoms with Gasteiger partial charge in [-0.15, -0.1) is 0 Å². The molecule has 1 aliphatic carbocycles. The molecule has 1 aliphatic rings. The minimum absolute atomic E-state index is 0.0878. The van der Waals surface area contributed by atoms with Gasteiger partial charge in [0.15, 0.2) is 5.78 Å². The molecule has 1 unspecified atom stereocenters. The minimum Gasteiger partial charge on any atom is -0.294 e. The number of anilines is 2. The Labute approximate surface area is 174 Å². The summed E-state index contributed by atoms with van der Waals surface area (Å²) in [6, 6.07) is 16.2. The van der Waals surface area contributed by atoms with Crippen LogP contribution in [0.3, 0.4) is 0 Å². The van der Waals surface area contributed by atoms with Crippen LogP contribution in [0, 0.1) is 13.8 Å². The predicted molar refractivity (Wildman–Crippen MR) is 116 cm³/mol. The molecule has 0 saturated carbocycles. The van der Waals surface area contributed by atoms with Gasteiger partial charge in [0.2, 0.25) is 11.9 Å². The fourth-order valence-corrected chi connectivity index (χ4v) is 4.02. The van der Waals surface area contributed by atoms with E-state index >= 15 is 0 Å². The van der Waals surface area contributed by atoms with Crippen LogP contribution < -0.4 is 5.32 Å². The molecule has 148 valence electrons. The Kier molecular flexibility index (Phi) is 4.47. The zero-order valence-electron chi connectivity index (χ0n) is 16.9. The Bertz CT molecular complexity index is 1270. The zero-order chi connectivity index (χ0) is 20.7. The van der Waals surface area contributed by atoms with Crippen LogP contribution in [-0.2, 0) is 6.42 Å². The molecule has 0 aliphatic heterocycles. The van der Waals surface area contributed by atoms with Crippen LogP contribution in [0.4, 0.5) is 11.9 Å². The Balaban J connectivity index is 1.45. The summed E-state index contributed by atoms with van der Waals surface area (Å²) in [5.41, 5.74) is 5.47. The third-order valence-electron chi connectivity index (χ3n) is 5.58. The van der Waals surface area contributed by atoms with E-state index in [2.05, 4.69) is 50.4 Å². The molecule has 30 heavy (non-hydrogen) atoms. The van der Waals surface area contributed by atoms with Gasteiger partial charge in [-0.25, -0.2) is 19.9 Å². The van der Waals surface area contributed by atoms with Crippen molar-refractivity contribution in [2.24, 2.45) is 0 Å². The van der Waals surface area contributed by atoms with Crippen molar-refractivity contribution in [3.63, 3.8) is 0 Å². The fourth-order valence-electron chi connectivity index (χ4n) is 4.02. The molecule has 6 nitrogen and oxygen atoms in total. The maximum atomic E-state index is 12.6. The number of nitrogens with one attached hydrogen (secondary N) is 1. The summed E-state index contributed by atoms with van der Waals surface area (Å²) in [5, 5.41) is 4.15. The quantitative estimate of drug-likeness (QED) is 0.542. The van der Waals surface area contributed by atoms with E-state index in [9.17, 15) is 4.79 Å². The average molecular weight is 395 g/mol. The molecule has 2 heterocycles. The Morgan fingerprint density at radius 3 is 2.60 bits per heavy atom. The van der Waals surface area contributed by atoms with E-state index in [1.54, 1.807) is 6.20 Å². The van der Waals surface area contributed by atoms with Crippen molar-refractivity contribution in [1.82, 2.24) is 19.9 Å². The van der Waals surface area contributed by atoms with Crippen LogP contribution in [0.5, 0.6) is 0 Å². The predicted octanol–water partition coefficient (Wildman–Crippen LogP) is 4.69. The van der Waals surface area contributed by atoms with Crippen molar-refractivity contribution in [2.45, 2.75) is 32.6 Å². The van der Waals surface area contributed by atoms with Crippen LogP contribution in [0.2, 0.25) is 0 Å². The Hall–Kier alpha value is -3.67. The van der Waals surface area contributed by atoms with Gasteiger partial charge in [-0.05, 0) is 43.9 Å². The highest BCUT2D eigenvalue weighted by molar-refractivity contribution is 5.98. The van der Waals surface area contributed by atoms with E-state index in [1.807, 2.05) is 37.3 Å². The van der Waals surface area contributed by atoms with Gasteiger partial charge in [0, 0.05) is 18.0 Å². The summed E-state index contributed by atoms with van der Waals surface area (Å²) in [4.78, 5) is 30.8. The molecule has 2 aromatic heterocycles. The lowest BCUT2D eigenvalue weighted by molar-refractivity contribution is 0.0962. The lowest BCUT2D eigenvalue weighted by atomic mass is 9.82. The number of Topliss-reactive ketones (excluding diaryl/α,β-unsaturated/α-hetero) is 1. The van der Waals surface area contributed by atoms with E-state index in [1.165, 1.54) is 5.56 Å². The largest absolute Gasteiger partial charge is 0.294 e. The summed E-state index contributed by atoms with van der Waals surface area (Å²) in [6.07, 6.45) is 2.81. The van der Waals surface area contributed by atoms with Crippen molar-refractivity contribution >= 4 is 28.6 Å². The lowest BCUT2D eigenvalue weighted by Gasteiger charge is -2.23. The van der Waals surface area contributed by atoms with E-state index in [0.717, 1.165) is 27.9 Å². The van der Waals surface area contributed by atoms with Crippen molar-refractivity contribution in [3.8, 4) is 0 Å². The van der Waals surface area contributed by atoms with Crippen molar-refractivity contribution in [2.75, 3.05) is 5.32 Å². The normalized spacial score (nSPS) is 15.8. The minimum atomic E-state index is 0.0878. The van der Waals surface area contributed by atoms with E-state index in [0.29, 0.717) is 30.3 Å².